The van der Waals surface area contributed by atoms with Crippen LogP contribution in [0.4, 0.5) is 8.78 Å². The van der Waals surface area contributed by atoms with Crippen molar-refractivity contribution in [2.45, 2.75) is 25.0 Å². The Morgan fingerprint density at radius 2 is 2.24 bits per heavy atom. The van der Waals surface area contributed by atoms with E-state index in [1.54, 1.807) is 36.8 Å². The average Bonchev–Trinajstić information content (AvgIpc) is 2.98. The Labute approximate surface area is 119 Å². The summed E-state index contributed by atoms with van der Waals surface area (Å²) in [6.07, 6.45) is 3.06. The van der Waals surface area contributed by atoms with Crippen LogP contribution in [0.2, 0.25) is 0 Å². The van der Waals surface area contributed by atoms with Crippen molar-refractivity contribution < 1.29 is 13.9 Å². The van der Waals surface area contributed by atoms with Crippen molar-refractivity contribution in [3.63, 3.8) is 0 Å². The van der Waals surface area contributed by atoms with Crippen molar-refractivity contribution in [1.29, 1.82) is 0 Å². The summed E-state index contributed by atoms with van der Waals surface area (Å²) in [6, 6.07) is 5.14. The minimum Gasteiger partial charge on any atom is -0.382 e. The number of imidazole rings is 1. The molecule has 0 spiro atoms. The molecule has 2 N–H and O–H groups in total. The molecule has 2 aliphatic rings. The zero-order valence-electron chi connectivity index (χ0n) is 11.1. The number of aromatic nitrogens is 2. The molecule has 0 saturated carbocycles. The van der Waals surface area contributed by atoms with E-state index in [4.69, 9.17) is 0 Å². The molecule has 0 radical (unpaired) electrons. The Kier molecular flexibility index (Phi) is 2.47. The third-order valence-electron chi connectivity index (χ3n) is 4.05. The highest BCUT2D eigenvalue weighted by molar-refractivity contribution is 5.70. The fraction of sp³-hybridized carbons (Fsp3) is 0.267. The topological polar surface area (TPSA) is 50.1 Å². The van der Waals surface area contributed by atoms with Gasteiger partial charge in [0.1, 0.15) is 11.9 Å². The van der Waals surface area contributed by atoms with Gasteiger partial charge in [-0.05, 0) is 11.1 Å². The van der Waals surface area contributed by atoms with Crippen LogP contribution in [0.3, 0.4) is 0 Å². The first-order valence-corrected chi connectivity index (χ1v) is 6.72. The van der Waals surface area contributed by atoms with E-state index in [0.717, 1.165) is 11.5 Å². The standard InChI is InChI=1S/C15H13F2N3O/c16-15(17)6-9-2-1-3-10(13(9)14(15)21)11-7-19-12-8-18-4-5-20(11)12/h1-5,7,14,18,21H,6,8H2. The van der Waals surface area contributed by atoms with Gasteiger partial charge >= 0.3 is 0 Å². The number of nitrogens with one attached hydrogen (secondary N) is 1. The number of nitrogens with zero attached hydrogens (tertiary/aromatic N) is 2. The summed E-state index contributed by atoms with van der Waals surface area (Å²) in [5.41, 5.74) is 2.15. The predicted octanol–water partition coefficient (Wildman–Crippen LogP) is 2.31. The van der Waals surface area contributed by atoms with E-state index in [1.165, 1.54) is 0 Å². The van der Waals surface area contributed by atoms with E-state index in [0.29, 0.717) is 23.2 Å². The minimum absolute atomic E-state index is 0.317. The molecule has 1 atom stereocenters. The van der Waals surface area contributed by atoms with Gasteiger partial charge in [0.2, 0.25) is 0 Å². The molecular weight excluding hydrogens is 276 g/mol. The van der Waals surface area contributed by atoms with Gasteiger partial charge in [-0.2, -0.15) is 0 Å². The monoisotopic (exact) mass is 289 g/mol. The fourth-order valence-corrected chi connectivity index (χ4v) is 3.05. The van der Waals surface area contributed by atoms with Gasteiger partial charge in [-0.3, -0.25) is 0 Å². The normalized spacial score (nSPS) is 21.8. The molecule has 0 bridgehead atoms. The maximum Gasteiger partial charge on any atom is 0.281 e. The zero-order valence-corrected chi connectivity index (χ0v) is 11.1. The molecule has 6 heteroatoms. The highest BCUT2D eigenvalue weighted by Gasteiger charge is 2.48. The van der Waals surface area contributed by atoms with Gasteiger partial charge < -0.3 is 15.0 Å². The number of fused-ring (bicyclic) bond motifs is 2. The summed E-state index contributed by atoms with van der Waals surface area (Å²) in [6.45, 7) is 0.588. The van der Waals surface area contributed by atoms with Crippen LogP contribution in [-0.2, 0) is 13.0 Å². The maximum absolute atomic E-state index is 13.8. The molecule has 21 heavy (non-hydrogen) atoms. The molecule has 1 aliphatic heterocycles. The molecule has 1 aromatic heterocycles. The molecule has 2 aromatic rings. The lowest BCUT2D eigenvalue weighted by molar-refractivity contribution is -0.0966. The minimum atomic E-state index is -3.11. The molecule has 0 saturated heterocycles. The summed E-state index contributed by atoms with van der Waals surface area (Å²) in [5, 5.41) is 13.0. The van der Waals surface area contributed by atoms with E-state index in [2.05, 4.69) is 10.3 Å². The summed E-state index contributed by atoms with van der Waals surface area (Å²) in [5.74, 6) is -2.30. The summed E-state index contributed by atoms with van der Waals surface area (Å²) in [7, 11) is 0. The first kappa shape index (κ1) is 12.5. The molecule has 0 fully saturated rings. The molecule has 1 unspecified atom stereocenters. The molecule has 108 valence electrons. The van der Waals surface area contributed by atoms with Crippen LogP contribution >= 0.6 is 0 Å². The molecule has 2 heterocycles. The molecular formula is C15H13F2N3O. The van der Waals surface area contributed by atoms with Crippen molar-refractivity contribution in [2.24, 2.45) is 0 Å². The molecule has 4 nitrogen and oxygen atoms in total. The van der Waals surface area contributed by atoms with Crippen molar-refractivity contribution in [3.05, 3.63) is 47.5 Å². The molecule has 0 amide bonds. The summed E-state index contributed by atoms with van der Waals surface area (Å²) >= 11 is 0. The zero-order chi connectivity index (χ0) is 14.6. The number of benzene rings is 1. The van der Waals surface area contributed by atoms with Crippen LogP contribution in [0.25, 0.3) is 17.5 Å². The van der Waals surface area contributed by atoms with Gasteiger partial charge in [-0.25, -0.2) is 13.8 Å². The maximum atomic E-state index is 13.8. The van der Waals surface area contributed by atoms with Crippen molar-refractivity contribution in [2.75, 3.05) is 0 Å². The average molecular weight is 289 g/mol. The van der Waals surface area contributed by atoms with Crippen LogP contribution in [0, 0.1) is 0 Å². The number of halogens is 2. The van der Waals surface area contributed by atoms with Crippen LogP contribution in [0.15, 0.2) is 30.6 Å². The van der Waals surface area contributed by atoms with E-state index in [-0.39, 0.29) is 0 Å². The predicted molar refractivity (Wildman–Crippen MR) is 73.4 cm³/mol. The van der Waals surface area contributed by atoms with Crippen LogP contribution in [0.5, 0.6) is 0 Å². The highest BCUT2D eigenvalue weighted by atomic mass is 19.3. The quantitative estimate of drug-likeness (QED) is 0.847. The Balaban J connectivity index is 1.92. The van der Waals surface area contributed by atoms with Crippen molar-refractivity contribution >= 4 is 6.20 Å². The van der Waals surface area contributed by atoms with Gasteiger partial charge in [0, 0.05) is 24.4 Å². The smallest absolute Gasteiger partial charge is 0.281 e. The van der Waals surface area contributed by atoms with E-state index in [9.17, 15) is 13.9 Å². The first-order chi connectivity index (χ1) is 10.1. The highest BCUT2D eigenvalue weighted by Crippen LogP contribution is 2.47. The lowest BCUT2D eigenvalue weighted by atomic mass is 9.99. The van der Waals surface area contributed by atoms with Crippen LogP contribution in [0.1, 0.15) is 23.1 Å². The van der Waals surface area contributed by atoms with Gasteiger partial charge in [0.25, 0.3) is 5.92 Å². The largest absolute Gasteiger partial charge is 0.382 e. The number of aliphatic hydroxyl groups is 1. The van der Waals surface area contributed by atoms with Crippen LogP contribution in [-0.4, -0.2) is 20.6 Å². The number of alkyl halides is 2. The second-order valence-electron chi connectivity index (χ2n) is 5.35. The summed E-state index contributed by atoms with van der Waals surface area (Å²) in [4.78, 5) is 4.30. The third kappa shape index (κ3) is 1.72. The Bertz CT molecular complexity index is 751. The Morgan fingerprint density at radius 3 is 3.10 bits per heavy atom. The van der Waals surface area contributed by atoms with Gasteiger partial charge in [0.05, 0.1) is 18.4 Å². The lowest BCUT2D eigenvalue weighted by Crippen LogP contribution is -2.21. The number of rotatable bonds is 1. The van der Waals surface area contributed by atoms with Gasteiger partial charge in [0.15, 0.2) is 0 Å². The van der Waals surface area contributed by atoms with Gasteiger partial charge in [-0.1, -0.05) is 18.2 Å². The Hall–Kier alpha value is -2.21. The lowest BCUT2D eigenvalue weighted by Gasteiger charge is -2.17. The second-order valence-corrected chi connectivity index (χ2v) is 5.35. The van der Waals surface area contributed by atoms with E-state index >= 15 is 0 Å². The SMILES string of the molecule is OC1c2c(cccc2-c2cnc3n2C=CNC3)CC1(F)F. The Morgan fingerprint density at radius 1 is 1.38 bits per heavy atom. The third-order valence-corrected chi connectivity index (χ3v) is 4.05. The molecule has 1 aliphatic carbocycles. The van der Waals surface area contributed by atoms with Gasteiger partial charge in [-0.15, -0.1) is 0 Å². The number of hydrogen-bond acceptors (Lipinski definition) is 3. The van der Waals surface area contributed by atoms with Crippen molar-refractivity contribution in [3.8, 4) is 11.3 Å². The molecule has 1 aromatic carbocycles. The number of hydrogen-bond donors (Lipinski definition) is 2. The fourth-order valence-electron chi connectivity index (χ4n) is 3.05. The number of aliphatic hydroxyl groups excluding tert-OH is 1. The first-order valence-electron chi connectivity index (χ1n) is 6.72. The van der Waals surface area contributed by atoms with Crippen LogP contribution < -0.4 is 5.32 Å². The van der Waals surface area contributed by atoms with E-state index < -0.39 is 18.4 Å². The van der Waals surface area contributed by atoms with Crippen molar-refractivity contribution in [1.82, 2.24) is 14.9 Å². The van der Waals surface area contributed by atoms with E-state index in [1.807, 2.05) is 4.57 Å². The molecule has 4 rings (SSSR count). The summed E-state index contributed by atoms with van der Waals surface area (Å²) < 4.78 is 29.4. The second kappa shape index (κ2) is 4.14.